The number of non-ortho nitro benzene ring substituents is 1. The maximum atomic E-state index is 13.3. The second-order valence-electron chi connectivity index (χ2n) is 4.39. The molecule has 0 bridgehead atoms. The Balaban J connectivity index is 2.30. The minimum Gasteiger partial charge on any atom is -0.321 e. The normalized spacial score (nSPS) is 10.2. The van der Waals surface area contributed by atoms with Crippen LogP contribution in [0.25, 0.3) is 0 Å². The molecule has 1 N–H and O–H groups in total. The van der Waals surface area contributed by atoms with Gasteiger partial charge < -0.3 is 5.32 Å². The summed E-state index contributed by atoms with van der Waals surface area (Å²) in [5.41, 5.74) is 0.913. The molecule has 0 fully saturated rings. The zero-order chi connectivity index (χ0) is 15.6. The average Bonchev–Trinajstić information content (AvgIpc) is 2.41. The van der Waals surface area contributed by atoms with Gasteiger partial charge in [-0.05, 0) is 46.6 Å². The molecule has 0 aliphatic rings. The van der Waals surface area contributed by atoms with E-state index in [2.05, 4.69) is 21.2 Å². The molecule has 0 atom stereocenters. The molecule has 1 amide bonds. The topological polar surface area (TPSA) is 72.2 Å². The number of amides is 1. The van der Waals surface area contributed by atoms with Crippen molar-refractivity contribution in [3.8, 4) is 0 Å². The highest BCUT2D eigenvalue weighted by molar-refractivity contribution is 9.10. The number of nitrogens with zero attached hydrogens (tertiary/aromatic N) is 1. The Kier molecular flexibility index (Phi) is 4.32. The Morgan fingerprint density at radius 1 is 1.29 bits per heavy atom. The quantitative estimate of drug-likeness (QED) is 0.668. The number of nitro benzene ring substituents is 1. The van der Waals surface area contributed by atoms with E-state index in [1.54, 1.807) is 12.1 Å². The van der Waals surface area contributed by atoms with Gasteiger partial charge in [0, 0.05) is 16.1 Å². The summed E-state index contributed by atoms with van der Waals surface area (Å²) in [6, 6.07) is 8.03. The monoisotopic (exact) mass is 352 g/mol. The van der Waals surface area contributed by atoms with Crippen LogP contribution >= 0.6 is 15.9 Å². The summed E-state index contributed by atoms with van der Waals surface area (Å²) in [6.45, 7) is 1.90. The third-order valence-electron chi connectivity index (χ3n) is 2.73. The summed E-state index contributed by atoms with van der Waals surface area (Å²) < 4.78 is 14.0. The van der Waals surface area contributed by atoms with Crippen LogP contribution in [0.15, 0.2) is 40.9 Å². The average molecular weight is 353 g/mol. The van der Waals surface area contributed by atoms with Gasteiger partial charge in [0.2, 0.25) is 0 Å². The van der Waals surface area contributed by atoms with Gasteiger partial charge in [-0.3, -0.25) is 14.9 Å². The van der Waals surface area contributed by atoms with Gasteiger partial charge in [-0.2, -0.15) is 0 Å². The number of carbonyl (C=O) groups is 1. The smallest absolute Gasteiger partial charge is 0.273 e. The van der Waals surface area contributed by atoms with Crippen LogP contribution in [0.2, 0.25) is 0 Å². The molecule has 2 aromatic carbocycles. The highest BCUT2D eigenvalue weighted by Gasteiger charge is 2.15. The standard InChI is InChI=1S/C14H10BrFN2O3/c1-8-2-3-13(12(15)4-8)17-14(19)9-5-10(16)7-11(6-9)18(20)21/h2-7H,1H3,(H,17,19). The van der Waals surface area contributed by atoms with Gasteiger partial charge in [-0.25, -0.2) is 4.39 Å². The zero-order valence-electron chi connectivity index (χ0n) is 10.9. The van der Waals surface area contributed by atoms with Gasteiger partial charge in [0.15, 0.2) is 0 Å². The van der Waals surface area contributed by atoms with E-state index in [9.17, 15) is 19.3 Å². The van der Waals surface area contributed by atoms with Crippen LogP contribution in [-0.2, 0) is 0 Å². The number of nitro groups is 1. The first kappa shape index (κ1) is 15.1. The molecule has 5 nitrogen and oxygen atoms in total. The van der Waals surface area contributed by atoms with Crippen molar-refractivity contribution in [1.82, 2.24) is 0 Å². The lowest BCUT2D eigenvalue weighted by Crippen LogP contribution is -2.13. The Morgan fingerprint density at radius 3 is 2.62 bits per heavy atom. The zero-order valence-corrected chi connectivity index (χ0v) is 12.5. The lowest BCUT2D eigenvalue weighted by atomic mass is 10.1. The fraction of sp³-hybridized carbons (Fsp3) is 0.0714. The van der Waals surface area contributed by atoms with Crippen LogP contribution in [-0.4, -0.2) is 10.8 Å². The van der Waals surface area contributed by atoms with Gasteiger partial charge in [0.25, 0.3) is 11.6 Å². The van der Waals surface area contributed by atoms with Crippen LogP contribution in [0, 0.1) is 22.9 Å². The van der Waals surface area contributed by atoms with Crippen molar-refractivity contribution < 1.29 is 14.1 Å². The predicted octanol–water partition coefficient (Wildman–Crippen LogP) is 4.06. The molecule has 21 heavy (non-hydrogen) atoms. The number of hydrogen-bond donors (Lipinski definition) is 1. The Morgan fingerprint density at radius 2 is 2.00 bits per heavy atom. The van der Waals surface area contributed by atoms with Crippen molar-refractivity contribution in [3.63, 3.8) is 0 Å². The second-order valence-corrected chi connectivity index (χ2v) is 5.25. The SMILES string of the molecule is Cc1ccc(NC(=O)c2cc(F)cc([N+](=O)[O-])c2)c(Br)c1. The largest absolute Gasteiger partial charge is 0.321 e. The van der Waals surface area contributed by atoms with E-state index in [1.165, 1.54) is 0 Å². The van der Waals surface area contributed by atoms with Crippen molar-refractivity contribution in [2.45, 2.75) is 6.92 Å². The van der Waals surface area contributed by atoms with Crippen LogP contribution in [0.4, 0.5) is 15.8 Å². The molecule has 0 aromatic heterocycles. The number of aryl methyl sites for hydroxylation is 1. The first-order valence-electron chi connectivity index (χ1n) is 5.89. The highest BCUT2D eigenvalue weighted by Crippen LogP contribution is 2.24. The van der Waals surface area contributed by atoms with E-state index < -0.39 is 22.3 Å². The highest BCUT2D eigenvalue weighted by atomic mass is 79.9. The Bertz CT molecular complexity index is 734. The fourth-order valence-electron chi connectivity index (χ4n) is 1.73. The lowest BCUT2D eigenvalue weighted by molar-refractivity contribution is -0.385. The molecular formula is C14H10BrFN2O3. The van der Waals surface area contributed by atoms with E-state index in [-0.39, 0.29) is 5.56 Å². The predicted molar refractivity (Wildman–Crippen MR) is 79.9 cm³/mol. The maximum absolute atomic E-state index is 13.3. The van der Waals surface area contributed by atoms with Crippen molar-refractivity contribution in [1.29, 1.82) is 0 Å². The summed E-state index contributed by atoms with van der Waals surface area (Å²) in [5, 5.41) is 13.2. The molecule has 7 heteroatoms. The third-order valence-corrected chi connectivity index (χ3v) is 3.38. The first-order chi connectivity index (χ1) is 9.86. The summed E-state index contributed by atoms with van der Waals surface area (Å²) >= 11 is 3.30. The second kappa shape index (κ2) is 6.01. The molecular weight excluding hydrogens is 343 g/mol. The molecule has 0 aliphatic heterocycles. The summed E-state index contributed by atoms with van der Waals surface area (Å²) in [5.74, 6) is -1.46. The number of nitrogens with one attached hydrogen (secondary N) is 1. The van der Waals surface area contributed by atoms with Gasteiger partial charge in [-0.15, -0.1) is 0 Å². The number of anilines is 1. The summed E-state index contributed by atoms with van der Waals surface area (Å²) in [4.78, 5) is 22.0. The van der Waals surface area contributed by atoms with Crippen LogP contribution < -0.4 is 5.32 Å². The molecule has 0 saturated carbocycles. The minimum atomic E-state index is -0.836. The molecule has 0 unspecified atom stereocenters. The van der Waals surface area contributed by atoms with Gasteiger partial charge in [0.05, 0.1) is 16.7 Å². The molecule has 0 spiro atoms. The van der Waals surface area contributed by atoms with Crippen LogP contribution in [0.1, 0.15) is 15.9 Å². The number of benzene rings is 2. The van der Waals surface area contributed by atoms with E-state index in [0.29, 0.717) is 10.2 Å². The first-order valence-corrected chi connectivity index (χ1v) is 6.68. The molecule has 2 aromatic rings. The maximum Gasteiger partial charge on any atom is 0.273 e. The molecule has 0 heterocycles. The third kappa shape index (κ3) is 3.63. The van der Waals surface area contributed by atoms with E-state index >= 15 is 0 Å². The number of rotatable bonds is 3. The minimum absolute atomic E-state index is 0.117. The van der Waals surface area contributed by atoms with Gasteiger partial charge in [-0.1, -0.05) is 6.07 Å². The number of carbonyl (C=O) groups excluding carboxylic acids is 1. The number of halogens is 2. The van der Waals surface area contributed by atoms with Crippen molar-refractivity contribution >= 4 is 33.2 Å². The molecule has 0 saturated heterocycles. The molecule has 0 aliphatic carbocycles. The van der Waals surface area contributed by atoms with E-state index in [4.69, 9.17) is 0 Å². The fourth-order valence-corrected chi connectivity index (χ4v) is 2.32. The van der Waals surface area contributed by atoms with Crippen molar-refractivity contribution in [3.05, 3.63) is 67.9 Å². The van der Waals surface area contributed by atoms with Crippen molar-refractivity contribution in [2.24, 2.45) is 0 Å². The van der Waals surface area contributed by atoms with Crippen LogP contribution in [0.3, 0.4) is 0 Å². The van der Waals surface area contributed by atoms with Gasteiger partial charge >= 0.3 is 0 Å². The molecule has 2 rings (SSSR count). The van der Waals surface area contributed by atoms with Gasteiger partial charge in [0.1, 0.15) is 5.82 Å². The molecule has 0 radical (unpaired) electrons. The molecule has 108 valence electrons. The van der Waals surface area contributed by atoms with Crippen LogP contribution in [0.5, 0.6) is 0 Å². The Hall–Kier alpha value is -2.28. The van der Waals surface area contributed by atoms with Crippen molar-refractivity contribution in [2.75, 3.05) is 5.32 Å². The van der Waals surface area contributed by atoms with E-state index in [0.717, 1.165) is 23.8 Å². The summed E-state index contributed by atoms with van der Waals surface area (Å²) in [6.07, 6.45) is 0. The van der Waals surface area contributed by atoms with E-state index in [1.807, 2.05) is 13.0 Å². The number of hydrogen-bond acceptors (Lipinski definition) is 3. The lowest BCUT2D eigenvalue weighted by Gasteiger charge is -2.08. The summed E-state index contributed by atoms with van der Waals surface area (Å²) in [7, 11) is 0. The Labute approximate surface area is 128 Å².